The van der Waals surface area contributed by atoms with Crippen molar-refractivity contribution in [2.45, 2.75) is 33.1 Å². The van der Waals surface area contributed by atoms with E-state index in [-0.39, 0.29) is 0 Å². The summed E-state index contributed by atoms with van der Waals surface area (Å²) < 4.78 is 5.40. The van der Waals surface area contributed by atoms with Crippen LogP contribution in [0.2, 0.25) is 0 Å². The van der Waals surface area contributed by atoms with Gasteiger partial charge in [0.1, 0.15) is 5.75 Å². The second-order valence-electron chi connectivity index (χ2n) is 4.61. The van der Waals surface area contributed by atoms with Crippen LogP contribution in [0.1, 0.15) is 32.3 Å². The molecular formula is C17H21NO. The first kappa shape index (κ1) is 13.6. The van der Waals surface area contributed by atoms with Gasteiger partial charge in [0, 0.05) is 5.56 Å². The quantitative estimate of drug-likeness (QED) is 0.758. The Morgan fingerprint density at radius 3 is 2.37 bits per heavy atom. The van der Waals surface area contributed by atoms with Gasteiger partial charge in [0.25, 0.3) is 0 Å². The van der Waals surface area contributed by atoms with Gasteiger partial charge < -0.3 is 4.74 Å². The van der Waals surface area contributed by atoms with Crippen LogP contribution in [-0.2, 0) is 6.42 Å². The van der Waals surface area contributed by atoms with E-state index in [0.29, 0.717) is 6.61 Å². The van der Waals surface area contributed by atoms with E-state index in [4.69, 9.17) is 4.74 Å². The predicted molar refractivity (Wildman–Crippen MR) is 79.5 cm³/mol. The molecule has 0 saturated carbocycles. The maximum Gasteiger partial charge on any atom is 0.137 e. The van der Waals surface area contributed by atoms with Crippen LogP contribution in [0.15, 0.2) is 42.6 Å². The first-order chi connectivity index (χ1) is 9.33. The summed E-state index contributed by atoms with van der Waals surface area (Å²) in [5.74, 6) is 0.825. The normalized spacial score (nSPS) is 10.4. The largest absolute Gasteiger partial charge is 0.492 e. The topological polar surface area (TPSA) is 22.1 Å². The minimum atomic E-state index is 0.674. The van der Waals surface area contributed by atoms with Gasteiger partial charge in [-0.3, -0.25) is 4.98 Å². The van der Waals surface area contributed by atoms with E-state index in [0.717, 1.165) is 23.4 Å². The lowest BCUT2D eigenvalue weighted by Crippen LogP contribution is -1.92. The van der Waals surface area contributed by atoms with Gasteiger partial charge in [-0.05, 0) is 37.5 Å². The lowest BCUT2D eigenvalue weighted by atomic mass is 10.0. The van der Waals surface area contributed by atoms with E-state index in [1.165, 1.54) is 18.4 Å². The van der Waals surface area contributed by atoms with Crippen molar-refractivity contribution in [3.05, 3.63) is 48.2 Å². The number of unbranched alkanes of at least 4 members (excludes halogenated alkanes) is 1. The first-order valence-electron chi connectivity index (χ1n) is 7.01. The summed E-state index contributed by atoms with van der Waals surface area (Å²) in [7, 11) is 0. The molecule has 0 aliphatic rings. The summed E-state index contributed by atoms with van der Waals surface area (Å²) in [6, 6.07) is 12.7. The van der Waals surface area contributed by atoms with E-state index < -0.39 is 0 Å². The molecule has 0 radical (unpaired) electrons. The van der Waals surface area contributed by atoms with Crippen molar-refractivity contribution in [2.75, 3.05) is 6.61 Å². The van der Waals surface area contributed by atoms with Gasteiger partial charge >= 0.3 is 0 Å². The van der Waals surface area contributed by atoms with E-state index in [9.17, 15) is 0 Å². The first-order valence-corrected chi connectivity index (χ1v) is 7.01. The Kier molecular flexibility index (Phi) is 4.96. The highest BCUT2D eigenvalue weighted by Crippen LogP contribution is 2.20. The second-order valence-corrected chi connectivity index (χ2v) is 4.61. The number of hydrogen-bond acceptors (Lipinski definition) is 2. The maximum atomic E-state index is 5.40. The molecule has 0 atom stereocenters. The van der Waals surface area contributed by atoms with Crippen LogP contribution in [-0.4, -0.2) is 11.6 Å². The van der Waals surface area contributed by atoms with Gasteiger partial charge in [-0.25, -0.2) is 0 Å². The molecule has 0 aliphatic heterocycles. The van der Waals surface area contributed by atoms with E-state index >= 15 is 0 Å². The molecule has 1 heterocycles. The Labute approximate surface area is 115 Å². The number of nitrogens with zero attached hydrogens (tertiary/aromatic N) is 1. The third-order valence-electron chi connectivity index (χ3n) is 3.12. The third-order valence-corrected chi connectivity index (χ3v) is 3.12. The van der Waals surface area contributed by atoms with Crippen LogP contribution in [0.3, 0.4) is 0 Å². The summed E-state index contributed by atoms with van der Waals surface area (Å²) in [5.41, 5.74) is 3.55. The minimum Gasteiger partial charge on any atom is -0.492 e. The fourth-order valence-corrected chi connectivity index (χ4v) is 2.03. The van der Waals surface area contributed by atoms with Crippen LogP contribution in [0.25, 0.3) is 11.3 Å². The van der Waals surface area contributed by atoms with Crippen molar-refractivity contribution in [3.8, 4) is 17.0 Å². The monoisotopic (exact) mass is 255 g/mol. The summed E-state index contributed by atoms with van der Waals surface area (Å²) in [6.45, 7) is 4.87. The molecule has 0 aliphatic carbocycles. The summed E-state index contributed by atoms with van der Waals surface area (Å²) >= 11 is 0. The number of ether oxygens (including phenoxy) is 1. The van der Waals surface area contributed by atoms with Gasteiger partial charge in [-0.2, -0.15) is 0 Å². The minimum absolute atomic E-state index is 0.674. The van der Waals surface area contributed by atoms with Crippen molar-refractivity contribution >= 4 is 0 Å². The lowest BCUT2D eigenvalue weighted by Gasteiger charge is -2.05. The van der Waals surface area contributed by atoms with Crippen LogP contribution < -0.4 is 4.74 Å². The molecule has 0 unspecified atom stereocenters. The van der Waals surface area contributed by atoms with Crippen molar-refractivity contribution in [3.63, 3.8) is 0 Å². The highest BCUT2D eigenvalue weighted by molar-refractivity contribution is 5.59. The van der Waals surface area contributed by atoms with Crippen molar-refractivity contribution in [2.24, 2.45) is 0 Å². The zero-order valence-electron chi connectivity index (χ0n) is 11.7. The molecule has 2 nitrogen and oxygen atoms in total. The molecule has 2 rings (SSSR count). The number of benzene rings is 1. The second kappa shape index (κ2) is 6.93. The van der Waals surface area contributed by atoms with Gasteiger partial charge in [0.05, 0.1) is 18.5 Å². The van der Waals surface area contributed by atoms with Crippen molar-refractivity contribution in [1.29, 1.82) is 0 Å². The number of aromatic nitrogens is 1. The number of rotatable bonds is 6. The van der Waals surface area contributed by atoms with Gasteiger partial charge in [-0.1, -0.05) is 37.6 Å². The van der Waals surface area contributed by atoms with Crippen molar-refractivity contribution in [1.82, 2.24) is 4.98 Å². The molecule has 0 saturated heterocycles. The lowest BCUT2D eigenvalue weighted by molar-refractivity contribution is 0.339. The Morgan fingerprint density at radius 1 is 1.00 bits per heavy atom. The number of aryl methyl sites for hydroxylation is 1. The third kappa shape index (κ3) is 3.82. The molecule has 2 heteroatoms. The predicted octanol–water partition coefficient (Wildman–Crippen LogP) is 4.49. The van der Waals surface area contributed by atoms with Gasteiger partial charge in [0.15, 0.2) is 0 Å². The molecular weight excluding hydrogens is 234 g/mol. The number of pyridine rings is 1. The molecule has 2 aromatic rings. The molecule has 19 heavy (non-hydrogen) atoms. The zero-order valence-corrected chi connectivity index (χ0v) is 11.7. The average Bonchev–Trinajstić information content (AvgIpc) is 2.47. The molecule has 0 bridgehead atoms. The summed E-state index contributed by atoms with van der Waals surface area (Å²) in [6.07, 6.45) is 5.43. The standard InChI is InChI=1S/C17H21NO/c1-3-5-6-14-7-9-15(10-8-14)17-12-11-16(13-18-17)19-4-2/h7-13H,3-6H2,1-2H3. The van der Waals surface area contributed by atoms with E-state index in [2.05, 4.69) is 36.2 Å². The van der Waals surface area contributed by atoms with E-state index in [1.807, 2.05) is 19.1 Å². The molecule has 100 valence electrons. The van der Waals surface area contributed by atoms with Gasteiger partial charge in [0.2, 0.25) is 0 Å². The fraction of sp³-hybridized carbons (Fsp3) is 0.353. The van der Waals surface area contributed by atoms with E-state index in [1.54, 1.807) is 6.20 Å². The Hall–Kier alpha value is -1.83. The highest BCUT2D eigenvalue weighted by atomic mass is 16.5. The fourth-order valence-electron chi connectivity index (χ4n) is 2.03. The average molecular weight is 255 g/mol. The number of hydrogen-bond donors (Lipinski definition) is 0. The molecule has 0 amide bonds. The molecule has 1 aromatic heterocycles. The zero-order chi connectivity index (χ0) is 13.5. The molecule has 0 spiro atoms. The SMILES string of the molecule is CCCCc1ccc(-c2ccc(OCC)cn2)cc1. The molecule has 0 N–H and O–H groups in total. The Bertz CT molecular complexity index is 488. The summed E-state index contributed by atoms with van der Waals surface area (Å²) in [5, 5.41) is 0. The molecule has 0 fully saturated rings. The molecule has 1 aromatic carbocycles. The van der Waals surface area contributed by atoms with Gasteiger partial charge in [-0.15, -0.1) is 0 Å². The van der Waals surface area contributed by atoms with Crippen LogP contribution in [0.4, 0.5) is 0 Å². The van der Waals surface area contributed by atoms with Crippen LogP contribution in [0.5, 0.6) is 5.75 Å². The smallest absolute Gasteiger partial charge is 0.137 e. The van der Waals surface area contributed by atoms with Crippen molar-refractivity contribution < 1.29 is 4.74 Å². The van der Waals surface area contributed by atoms with Crippen LogP contribution >= 0.6 is 0 Å². The highest BCUT2D eigenvalue weighted by Gasteiger charge is 2.00. The maximum absolute atomic E-state index is 5.40. The summed E-state index contributed by atoms with van der Waals surface area (Å²) in [4.78, 5) is 4.43. The van der Waals surface area contributed by atoms with Crippen LogP contribution in [0, 0.1) is 0 Å². The Balaban J connectivity index is 2.08. The Morgan fingerprint density at radius 2 is 1.79 bits per heavy atom.